The lowest BCUT2D eigenvalue weighted by Gasteiger charge is -2.30. The van der Waals surface area contributed by atoms with Crippen molar-refractivity contribution in [1.29, 1.82) is 0 Å². The monoisotopic (exact) mass is 249 g/mol. The SMILES string of the molecule is CC(C)(C)OCCC(C)(C)OC(C)(C)[PH+]=O. The molecule has 16 heavy (non-hydrogen) atoms. The van der Waals surface area contributed by atoms with Crippen LogP contribution in [0.2, 0.25) is 0 Å². The van der Waals surface area contributed by atoms with Gasteiger partial charge in [-0.15, -0.1) is 0 Å². The molecule has 1 atom stereocenters. The fourth-order valence-corrected chi connectivity index (χ4v) is 1.68. The minimum atomic E-state index is -0.578. The number of rotatable bonds is 6. The highest BCUT2D eigenvalue weighted by Crippen LogP contribution is 2.31. The van der Waals surface area contributed by atoms with Crippen molar-refractivity contribution in [3.05, 3.63) is 0 Å². The molecule has 0 aromatic heterocycles. The van der Waals surface area contributed by atoms with Gasteiger partial charge in [0, 0.05) is 20.5 Å². The molecular formula is C12H26O3P+. The Balaban J connectivity index is 4.11. The molecule has 0 spiro atoms. The number of hydrogen-bond acceptors (Lipinski definition) is 3. The predicted octanol–water partition coefficient (Wildman–Crippen LogP) is 3.75. The third-order valence-corrected chi connectivity index (χ3v) is 2.61. The molecule has 1 unspecified atom stereocenters. The maximum Gasteiger partial charge on any atom is 0.359 e. The Bertz CT molecular complexity index is 229. The summed E-state index contributed by atoms with van der Waals surface area (Å²) >= 11 is 0. The van der Waals surface area contributed by atoms with Gasteiger partial charge in [0.15, 0.2) is 0 Å². The van der Waals surface area contributed by atoms with Crippen LogP contribution in [0.4, 0.5) is 0 Å². The van der Waals surface area contributed by atoms with Gasteiger partial charge in [0.1, 0.15) is 0 Å². The first-order valence-electron chi connectivity index (χ1n) is 5.71. The van der Waals surface area contributed by atoms with Gasteiger partial charge in [-0.05, 0) is 41.0 Å². The van der Waals surface area contributed by atoms with E-state index < -0.39 is 13.8 Å². The molecule has 0 aliphatic rings. The molecule has 0 rings (SSSR count). The van der Waals surface area contributed by atoms with Gasteiger partial charge in [0.2, 0.25) is 0 Å². The summed E-state index contributed by atoms with van der Waals surface area (Å²) in [4.78, 5) is 0. The van der Waals surface area contributed by atoms with Gasteiger partial charge in [-0.25, -0.2) is 0 Å². The highest BCUT2D eigenvalue weighted by atomic mass is 31.1. The Labute approximate surface area is 101 Å². The summed E-state index contributed by atoms with van der Waals surface area (Å²) in [6.07, 6.45) is 0.790. The fourth-order valence-electron chi connectivity index (χ4n) is 1.37. The van der Waals surface area contributed by atoms with Gasteiger partial charge in [-0.3, -0.25) is 0 Å². The lowest BCUT2D eigenvalue weighted by Crippen LogP contribution is -2.35. The second kappa shape index (κ2) is 5.57. The van der Waals surface area contributed by atoms with Crippen LogP contribution in [0.5, 0.6) is 0 Å². The van der Waals surface area contributed by atoms with Crippen LogP contribution in [0.3, 0.4) is 0 Å². The zero-order valence-electron chi connectivity index (χ0n) is 11.6. The molecule has 0 aliphatic carbocycles. The first-order chi connectivity index (χ1) is 6.97. The third kappa shape index (κ3) is 8.20. The minimum Gasteiger partial charge on any atom is -0.376 e. The first-order valence-corrected chi connectivity index (χ1v) is 6.62. The average Bonchev–Trinajstić information content (AvgIpc) is 1.99. The minimum absolute atomic E-state index is 0.119. The summed E-state index contributed by atoms with van der Waals surface area (Å²) in [5.41, 5.74) is -0.432. The summed E-state index contributed by atoms with van der Waals surface area (Å²) in [5, 5.41) is -0.578. The number of hydrogen-bond donors (Lipinski definition) is 0. The first kappa shape index (κ1) is 16.0. The normalized spacial score (nSPS) is 14.4. The molecule has 0 N–H and O–H groups in total. The van der Waals surface area contributed by atoms with E-state index in [1.807, 2.05) is 48.5 Å². The Kier molecular flexibility index (Phi) is 5.58. The van der Waals surface area contributed by atoms with Gasteiger partial charge in [0.25, 0.3) is 5.34 Å². The molecule has 0 aromatic rings. The van der Waals surface area contributed by atoms with Gasteiger partial charge < -0.3 is 9.47 Å². The molecule has 0 radical (unpaired) electrons. The molecule has 0 saturated carbocycles. The topological polar surface area (TPSA) is 35.5 Å². The van der Waals surface area contributed by atoms with Crippen LogP contribution in [-0.2, 0) is 14.0 Å². The summed E-state index contributed by atoms with van der Waals surface area (Å²) in [7, 11) is -0.461. The predicted molar refractivity (Wildman–Crippen MR) is 68.6 cm³/mol. The van der Waals surface area contributed by atoms with E-state index in [9.17, 15) is 4.57 Å². The van der Waals surface area contributed by atoms with Gasteiger partial charge in [-0.1, -0.05) is 4.57 Å². The largest absolute Gasteiger partial charge is 0.376 e. The maximum absolute atomic E-state index is 10.9. The molecule has 0 aromatic carbocycles. The third-order valence-electron chi connectivity index (χ3n) is 2.02. The smallest absolute Gasteiger partial charge is 0.359 e. The molecule has 96 valence electrons. The Morgan fingerprint density at radius 1 is 1.00 bits per heavy atom. The van der Waals surface area contributed by atoms with Crippen LogP contribution in [0.1, 0.15) is 54.9 Å². The van der Waals surface area contributed by atoms with Gasteiger partial charge >= 0.3 is 8.46 Å². The standard InChI is InChI=1S/C12H25O3P/c1-10(2,3)14-9-8-11(4,5)15-12(6,7)16-13/h8-9H2,1-7H3/p+1. The second-order valence-corrected chi connectivity index (χ2v) is 7.59. The van der Waals surface area contributed by atoms with E-state index in [1.165, 1.54) is 0 Å². The molecular weight excluding hydrogens is 223 g/mol. The summed E-state index contributed by atoms with van der Waals surface area (Å²) in [6.45, 7) is 14.4. The van der Waals surface area contributed by atoms with Crippen LogP contribution in [0, 0.1) is 0 Å². The Hall–Kier alpha value is 0.0200. The molecule has 0 fully saturated rings. The Morgan fingerprint density at radius 3 is 1.88 bits per heavy atom. The molecule has 0 aliphatic heterocycles. The van der Waals surface area contributed by atoms with E-state index in [4.69, 9.17) is 9.47 Å². The summed E-state index contributed by atoms with van der Waals surface area (Å²) in [5.74, 6) is 0. The van der Waals surface area contributed by atoms with E-state index in [0.29, 0.717) is 6.61 Å². The van der Waals surface area contributed by atoms with Crippen molar-refractivity contribution in [3.8, 4) is 0 Å². The molecule has 0 bridgehead atoms. The van der Waals surface area contributed by atoms with Crippen molar-refractivity contribution in [2.24, 2.45) is 0 Å². The lowest BCUT2D eigenvalue weighted by atomic mass is 10.1. The van der Waals surface area contributed by atoms with E-state index in [0.717, 1.165) is 6.42 Å². The van der Waals surface area contributed by atoms with Crippen LogP contribution in [0.15, 0.2) is 0 Å². The van der Waals surface area contributed by atoms with E-state index in [-0.39, 0.29) is 11.2 Å². The lowest BCUT2D eigenvalue weighted by molar-refractivity contribution is -0.103. The molecule has 4 heteroatoms. The fraction of sp³-hybridized carbons (Fsp3) is 1.00. The van der Waals surface area contributed by atoms with E-state index in [1.54, 1.807) is 0 Å². The van der Waals surface area contributed by atoms with Crippen molar-refractivity contribution in [1.82, 2.24) is 0 Å². The highest BCUT2D eigenvalue weighted by molar-refractivity contribution is 7.25. The van der Waals surface area contributed by atoms with Crippen LogP contribution in [0.25, 0.3) is 0 Å². The summed E-state index contributed by atoms with van der Waals surface area (Å²) in [6, 6.07) is 0. The molecule has 0 amide bonds. The zero-order valence-corrected chi connectivity index (χ0v) is 12.6. The maximum atomic E-state index is 10.9. The molecule has 0 heterocycles. The van der Waals surface area contributed by atoms with Crippen molar-refractivity contribution < 1.29 is 14.0 Å². The van der Waals surface area contributed by atoms with Gasteiger partial charge in [-0.2, -0.15) is 0 Å². The van der Waals surface area contributed by atoms with Crippen molar-refractivity contribution in [2.45, 2.75) is 71.4 Å². The average molecular weight is 249 g/mol. The summed E-state index contributed by atoms with van der Waals surface area (Å²) < 4.78 is 22.4. The van der Waals surface area contributed by atoms with Crippen molar-refractivity contribution in [2.75, 3.05) is 6.61 Å². The van der Waals surface area contributed by atoms with Crippen LogP contribution < -0.4 is 0 Å². The number of ether oxygens (including phenoxy) is 2. The second-order valence-electron chi connectivity index (χ2n) is 6.18. The highest BCUT2D eigenvalue weighted by Gasteiger charge is 2.35. The van der Waals surface area contributed by atoms with Crippen molar-refractivity contribution >= 4 is 8.46 Å². The Morgan fingerprint density at radius 2 is 1.50 bits per heavy atom. The molecule has 0 saturated heterocycles. The van der Waals surface area contributed by atoms with Gasteiger partial charge in [0.05, 0.1) is 11.2 Å². The van der Waals surface area contributed by atoms with Crippen LogP contribution in [-0.4, -0.2) is 23.2 Å². The zero-order chi connectivity index (χ0) is 13.0. The van der Waals surface area contributed by atoms with Crippen LogP contribution >= 0.6 is 8.46 Å². The molecule has 3 nitrogen and oxygen atoms in total. The quantitative estimate of drug-likeness (QED) is 0.672. The van der Waals surface area contributed by atoms with Crippen molar-refractivity contribution in [3.63, 3.8) is 0 Å². The van der Waals surface area contributed by atoms with E-state index in [2.05, 4.69) is 0 Å². The van der Waals surface area contributed by atoms with E-state index >= 15 is 0 Å².